The summed E-state index contributed by atoms with van der Waals surface area (Å²) in [5.74, 6) is 2.19. The van der Waals surface area contributed by atoms with Gasteiger partial charge in [0.2, 0.25) is 0 Å². The van der Waals surface area contributed by atoms with Gasteiger partial charge in [-0.2, -0.15) is 0 Å². The second-order valence-electron chi connectivity index (χ2n) is 2.39. The quantitative estimate of drug-likeness (QED) is 0.782. The molecule has 1 aromatic carbocycles. The van der Waals surface area contributed by atoms with Gasteiger partial charge in [-0.3, -0.25) is 4.79 Å². The molecule has 0 fully saturated rings. The van der Waals surface area contributed by atoms with E-state index >= 15 is 0 Å². The Hall–Kier alpha value is -1.27. The van der Waals surface area contributed by atoms with E-state index in [4.69, 9.17) is 6.42 Å². The maximum Gasteiger partial charge on any atom is 0.252 e. The zero-order valence-electron chi connectivity index (χ0n) is 6.88. The van der Waals surface area contributed by atoms with E-state index in [1.54, 1.807) is 12.1 Å². The van der Waals surface area contributed by atoms with Gasteiger partial charge < -0.3 is 5.32 Å². The molecule has 3 heteroatoms. The number of carbonyl (C=O) groups excluding carboxylic acids is 1. The molecule has 2 nitrogen and oxygen atoms in total. The second-order valence-corrected chi connectivity index (χ2v) is 3.31. The molecule has 0 aliphatic rings. The number of hydrogen-bond acceptors (Lipinski definition) is 1. The first-order chi connectivity index (χ1) is 6.24. The molecule has 1 aromatic rings. The summed E-state index contributed by atoms with van der Waals surface area (Å²) in [5, 5.41) is 2.58. The first-order valence-electron chi connectivity index (χ1n) is 3.71. The lowest BCUT2D eigenvalue weighted by Gasteiger charge is -2.00. The van der Waals surface area contributed by atoms with Gasteiger partial charge in [0.25, 0.3) is 5.91 Å². The number of nitrogens with one attached hydrogen (secondary N) is 1. The lowest BCUT2D eigenvalue weighted by Crippen LogP contribution is -2.23. The van der Waals surface area contributed by atoms with Crippen molar-refractivity contribution in [3.05, 3.63) is 34.3 Å². The van der Waals surface area contributed by atoms with Crippen LogP contribution in [-0.2, 0) is 0 Å². The van der Waals surface area contributed by atoms with Crippen LogP contribution in [0, 0.1) is 12.3 Å². The highest BCUT2D eigenvalue weighted by molar-refractivity contribution is 9.10. The van der Waals surface area contributed by atoms with Crippen molar-refractivity contribution in [3.63, 3.8) is 0 Å². The van der Waals surface area contributed by atoms with E-state index in [1.807, 2.05) is 12.1 Å². The van der Waals surface area contributed by atoms with Gasteiger partial charge in [0.05, 0.1) is 6.54 Å². The van der Waals surface area contributed by atoms with Crippen LogP contribution in [0.5, 0.6) is 0 Å². The SMILES string of the molecule is C#CCNC(=O)c1ccc(Br)cc1. The van der Waals surface area contributed by atoms with Crippen molar-refractivity contribution in [2.45, 2.75) is 0 Å². The Morgan fingerprint density at radius 1 is 1.46 bits per heavy atom. The number of hydrogen-bond donors (Lipinski definition) is 1. The summed E-state index contributed by atoms with van der Waals surface area (Å²) in [6.07, 6.45) is 5.01. The zero-order valence-corrected chi connectivity index (χ0v) is 8.47. The minimum absolute atomic E-state index is 0.148. The van der Waals surface area contributed by atoms with Crippen molar-refractivity contribution < 1.29 is 4.79 Å². The molecule has 1 rings (SSSR count). The van der Waals surface area contributed by atoms with Crippen molar-refractivity contribution in [3.8, 4) is 12.3 Å². The molecule has 0 saturated carbocycles. The van der Waals surface area contributed by atoms with Crippen LogP contribution in [0.1, 0.15) is 10.4 Å². The van der Waals surface area contributed by atoms with Gasteiger partial charge in [0.1, 0.15) is 0 Å². The average molecular weight is 238 g/mol. The first kappa shape index (κ1) is 9.82. The van der Waals surface area contributed by atoms with Gasteiger partial charge in [0.15, 0.2) is 0 Å². The molecule has 0 aliphatic heterocycles. The van der Waals surface area contributed by atoms with E-state index in [2.05, 4.69) is 27.2 Å². The summed E-state index contributed by atoms with van der Waals surface area (Å²) >= 11 is 3.28. The van der Waals surface area contributed by atoms with E-state index in [-0.39, 0.29) is 12.5 Å². The Balaban J connectivity index is 2.68. The van der Waals surface area contributed by atoms with E-state index in [0.717, 1.165) is 4.47 Å². The molecule has 66 valence electrons. The number of rotatable bonds is 2. The van der Waals surface area contributed by atoms with Crippen molar-refractivity contribution in [1.82, 2.24) is 5.32 Å². The van der Waals surface area contributed by atoms with Crippen LogP contribution in [-0.4, -0.2) is 12.5 Å². The van der Waals surface area contributed by atoms with Crippen molar-refractivity contribution in [1.29, 1.82) is 0 Å². The molecule has 0 radical (unpaired) electrons. The van der Waals surface area contributed by atoms with Crippen LogP contribution in [0.3, 0.4) is 0 Å². The Bertz CT molecular complexity index is 337. The summed E-state index contributed by atoms with van der Waals surface area (Å²) < 4.78 is 0.945. The zero-order chi connectivity index (χ0) is 9.68. The van der Waals surface area contributed by atoms with Gasteiger partial charge >= 0.3 is 0 Å². The van der Waals surface area contributed by atoms with Crippen LogP contribution in [0.15, 0.2) is 28.7 Å². The van der Waals surface area contributed by atoms with Crippen LogP contribution >= 0.6 is 15.9 Å². The fourth-order valence-corrected chi connectivity index (χ4v) is 1.10. The maximum atomic E-state index is 11.3. The largest absolute Gasteiger partial charge is 0.341 e. The van der Waals surface area contributed by atoms with E-state index in [0.29, 0.717) is 5.56 Å². The highest BCUT2D eigenvalue weighted by Gasteiger charge is 2.02. The third kappa shape index (κ3) is 2.92. The number of amides is 1. The van der Waals surface area contributed by atoms with Crippen molar-refractivity contribution in [2.75, 3.05) is 6.54 Å². The molecule has 0 spiro atoms. The summed E-state index contributed by atoms with van der Waals surface area (Å²) in [5.41, 5.74) is 0.610. The van der Waals surface area contributed by atoms with E-state index in [9.17, 15) is 4.79 Å². The summed E-state index contributed by atoms with van der Waals surface area (Å²) in [6, 6.07) is 7.08. The van der Waals surface area contributed by atoms with Gasteiger partial charge in [-0.25, -0.2) is 0 Å². The molecule has 13 heavy (non-hydrogen) atoms. The Kier molecular flexibility index (Phi) is 3.53. The topological polar surface area (TPSA) is 29.1 Å². The van der Waals surface area contributed by atoms with Crippen molar-refractivity contribution >= 4 is 21.8 Å². The molecule has 0 bridgehead atoms. The molecule has 0 saturated heterocycles. The third-order valence-electron chi connectivity index (χ3n) is 1.46. The minimum atomic E-state index is -0.148. The maximum absolute atomic E-state index is 11.3. The van der Waals surface area contributed by atoms with Crippen LogP contribution in [0.25, 0.3) is 0 Å². The predicted molar refractivity (Wildman–Crippen MR) is 55.3 cm³/mol. The lowest BCUT2D eigenvalue weighted by atomic mass is 10.2. The van der Waals surface area contributed by atoms with Gasteiger partial charge in [0, 0.05) is 10.0 Å². The number of terminal acetylenes is 1. The second kappa shape index (κ2) is 4.68. The molecule has 0 unspecified atom stereocenters. The normalized spacial score (nSPS) is 8.92. The molecule has 0 atom stereocenters. The fourth-order valence-electron chi connectivity index (χ4n) is 0.835. The minimum Gasteiger partial charge on any atom is -0.341 e. The Labute approximate surface area is 85.5 Å². The number of benzene rings is 1. The highest BCUT2D eigenvalue weighted by atomic mass is 79.9. The summed E-state index contributed by atoms with van der Waals surface area (Å²) in [4.78, 5) is 11.3. The molecule has 1 amide bonds. The molecular weight excluding hydrogens is 230 g/mol. The van der Waals surface area contributed by atoms with Crippen molar-refractivity contribution in [2.24, 2.45) is 0 Å². The molecule has 0 heterocycles. The Morgan fingerprint density at radius 3 is 2.62 bits per heavy atom. The van der Waals surface area contributed by atoms with Gasteiger partial charge in [-0.1, -0.05) is 21.9 Å². The molecule has 0 aromatic heterocycles. The monoisotopic (exact) mass is 237 g/mol. The summed E-state index contributed by atoms with van der Waals surface area (Å²) in [6.45, 7) is 0.259. The van der Waals surface area contributed by atoms with Crippen LogP contribution in [0.2, 0.25) is 0 Å². The first-order valence-corrected chi connectivity index (χ1v) is 4.50. The number of halogens is 1. The standard InChI is InChI=1S/C10H8BrNO/c1-2-7-12-10(13)8-3-5-9(11)6-4-8/h1,3-6H,7H2,(H,12,13). The summed E-state index contributed by atoms with van der Waals surface area (Å²) in [7, 11) is 0. The third-order valence-corrected chi connectivity index (χ3v) is 1.99. The van der Waals surface area contributed by atoms with Crippen LogP contribution < -0.4 is 5.32 Å². The fraction of sp³-hybridized carbons (Fsp3) is 0.100. The highest BCUT2D eigenvalue weighted by Crippen LogP contribution is 2.10. The van der Waals surface area contributed by atoms with Crippen LogP contribution in [0.4, 0.5) is 0 Å². The number of carbonyl (C=O) groups is 1. The van der Waals surface area contributed by atoms with E-state index in [1.165, 1.54) is 0 Å². The average Bonchev–Trinajstić information content (AvgIpc) is 2.15. The molecule has 1 N–H and O–H groups in total. The molecular formula is C10H8BrNO. The smallest absolute Gasteiger partial charge is 0.252 e. The van der Waals surface area contributed by atoms with Gasteiger partial charge in [-0.15, -0.1) is 6.42 Å². The van der Waals surface area contributed by atoms with E-state index < -0.39 is 0 Å². The predicted octanol–water partition coefficient (Wildman–Crippen LogP) is 1.81. The van der Waals surface area contributed by atoms with Gasteiger partial charge in [-0.05, 0) is 24.3 Å². The Morgan fingerprint density at radius 2 is 2.08 bits per heavy atom. The lowest BCUT2D eigenvalue weighted by molar-refractivity contribution is 0.0958. The molecule has 0 aliphatic carbocycles.